The van der Waals surface area contributed by atoms with Gasteiger partial charge in [0.1, 0.15) is 17.2 Å². The second-order valence-corrected chi connectivity index (χ2v) is 5.77. The van der Waals surface area contributed by atoms with Crippen LogP contribution in [0.25, 0.3) is 34.0 Å². The summed E-state index contributed by atoms with van der Waals surface area (Å²) in [6.07, 6.45) is 4.98. The van der Waals surface area contributed by atoms with E-state index in [1.807, 2.05) is 36.4 Å². The Kier molecular flexibility index (Phi) is 4.53. The van der Waals surface area contributed by atoms with Crippen molar-refractivity contribution >= 4 is 0 Å². The number of hydrogen-bond donors (Lipinski definition) is 0. The Morgan fingerprint density at radius 3 is 2.44 bits per heavy atom. The fourth-order valence-corrected chi connectivity index (χ4v) is 2.69. The SMILES string of the molecule is COc1cnc(-c2ccccn2)nc1-c1ccc(-c2cccc(F)c2)cn1. The molecule has 3 aromatic heterocycles. The molecule has 0 bridgehead atoms. The summed E-state index contributed by atoms with van der Waals surface area (Å²) in [6.45, 7) is 0. The Morgan fingerprint density at radius 2 is 1.74 bits per heavy atom. The van der Waals surface area contributed by atoms with Gasteiger partial charge in [-0.3, -0.25) is 9.97 Å². The molecule has 0 saturated heterocycles. The molecular weight excluding hydrogens is 343 g/mol. The Labute approximate surface area is 155 Å². The number of aromatic nitrogens is 4. The Bertz CT molecular complexity index is 1070. The normalized spacial score (nSPS) is 10.6. The minimum Gasteiger partial charge on any atom is -0.493 e. The van der Waals surface area contributed by atoms with Crippen LogP contribution < -0.4 is 4.74 Å². The average Bonchev–Trinajstić information content (AvgIpc) is 2.74. The standard InChI is InChI=1S/C21H15FN4O/c1-27-19-13-25-21(18-7-2-3-10-23-18)26-20(19)17-9-8-15(12-24-17)14-5-4-6-16(22)11-14/h2-13H,1H3. The Hall–Kier alpha value is -3.67. The van der Waals surface area contributed by atoms with Crippen LogP contribution in [0.3, 0.4) is 0 Å². The van der Waals surface area contributed by atoms with Gasteiger partial charge < -0.3 is 4.74 Å². The third kappa shape index (κ3) is 3.50. The van der Waals surface area contributed by atoms with Crippen LogP contribution >= 0.6 is 0 Å². The first-order chi connectivity index (χ1) is 13.2. The number of ether oxygens (including phenoxy) is 1. The van der Waals surface area contributed by atoms with Gasteiger partial charge in [0.2, 0.25) is 0 Å². The molecule has 27 heavy (non-hydrogen) atoms. The van der Waals surface area contributed by atoms with Crippen LogP contribution in [0.5, 0.6) is 5.75 Å². The molecular formula is C21H15FN4O. The van der Waals surface area contributed by atoms with Crippen LogP contribution in [0.2, 0.25) is 0 Å². The molecule has 3 heterocycles. The molecule has 0 saturated carbocycles. The first-order valence-corrected chi connectivity index (χ1v) is 8.29. The van der Waals surface area contributed by atoms with Crippen LogP contribution in [0.4, 0.5) is 4.39 Å². The molecule has 0 unspecified atom stereocenters. The van der Waals surface area contributed by atoms with E-state index in [0.29, 0.717) is 28.7 Å². The van der Waals surface area contributed by atoms with Gasteiger partial charge in [0.15, 0.2) is 11.6 Å². The van der Waals surface area contributed by atoms with E-state index in [4.69, 9.17) is 4.74 Å². The lowest BCUT2D eigenvalue weighted by Crippen LogP contribution is -1.99. The summed E-state index contributed by atoms with van der Waals surface area (Å²) < 4.78 is 18.8. The van der Waals surface area contributed by atoms with Crippen molar-refractivity contribution in [2.24, 2.45) is 0 Å². The maximum absolute atomic E-state index is 13.4. The van der Waals surface area contributed by atoms with Crippen molar-refractivity contribution in [3.8, 4) is 39.8 Å². The highest BCUT2D eigenvalue weighted by molar-refractivity contribution is 5.69. The van der Waals surface area contributed by atoms with E-state index in [9.17, 15) is 4.39 Å². The van der Waals surface area contributed by atoms with Crippen LogP contribution in [0.1, 0.15) is 0 Å². The number of benzene rings is 1. The molecule has 0 fully saturated rings. The van der Waals surface area contributed by atoms with E-state index < -0.39 is 0 Å². The maximum atomic E-state index is 13.4. The van der Waals surface area contributed by atoms with E-state index in [2.05, 4.69) is 19.9 Å². The van der Waals surface area contributed by atoms with Gasteiger partial charge in [0.25, 0.3) is 0 Å². The van der Waals surface area contributed by atoms with E-state index in [-0.39, 0.29) is 5.82 Å². The largest absolute Gasteiger partial charge is 0.493 e. The zero-order valence-electron chi connectivity index (χ0n) is 14.5. The molecule has 0 amide bonds. The summed E-state index contributed by atoms with van der Waals surface area (Å²) in [7, 11) is 1.56. The van der Waals surface area contributed by atoms with Gasteiger partial charge in [-0.05, 0) is 35.9 Å². The molecule has 132 valence electrons. The van der Waals surface area contributed by atoms with E-state index in [1.165, 1.54) is 12.1 Å². The molecule has 0 atom stereocenters. The van der Waals surface area contributed by atoms with Crippen LogP contribution in [-0.2, 0) is 0 Å². The topological polar surface area (TPSA) is 60.8 Å². The van der Waals surface area contributed by atoms with Gasteiger partial charge in [-0.25, -0.2) is 14.4 Å². The van der Waals surface area contributed by atoms with Gasteiger partial charge in [0.05, 0.1) is 19.0 Å². The lowest BCUT2D eigenvalue weighted by atomic mass is 10.1. The van der Waals surface area contributed by atoms with Crippen molar-refractivity contribution in [1.82, 2.24) is 19.9 Å². The maximum Gasteiger partial charge on any atom is 0.178 e. The molecule has 0 N–H and O–H groups in total. The molecule has 0 radical (unpaired) electrons. The number of methoxy groups -OCH3 is 1. The monoisotopic (exact) mass is 358 g/mol. The number of rotatable bonds is 4. The second-order valence-electron chi connectivity index (χ2n) is 5.77. The first kappa shape index (κ1) is 16.8. The summed E-state index contributed by atoms with van der Waals surface area (Å²) in [5, 5.41) is 0. The highest BCUT2D eigenvalue weighted by Crippen LogP contribution is 2.29. The number of nitrogens with zero attached hydrogens (tertiary/aromatic N) is 4. The third-order valence-electron chi connectivity index (χ3n) is 4.03. The van der Waals surface area contributed by atoms with Crippen LogP contribution in [0.15, 0.2) is 73.2 Å². The molecule has 0 spiro atoms. The summed E-state index contributed by atoms with van der Waals surface area (Å²) in [5.41, 5.74) is 3.44. The van der Waals surface area contributed by atoms with Gasteiger partial charge in [-0.15, -0.1) is 0 Å². The smallest absolute Gasteiger partial charge is 0.178 e. The molecule has 1 aromatic carbocycles. The molecule has 4 rings (SSSR count). The van der Waals surface area contributed by atoms with Crippen molar-refractivity contribution < 1.29 is 9.13 Å². The summed E-state index contributed by atoms with van der Waals surface area (Å²) in [6, 6.07) is 15.6. The van der Waals surface area contributed by atoms with E-state index in [1.54, 1.807) is 31.8 Å². The highest BCUT2D eigenvalue weighted by atomic mass is 19.1. The number of hydrogen-bond acceptors (Lipinski definition) is 5. The van der Waals surface area contributed by atoms with Gasteiger partial charge in [-0.1, -0.05) is 24.3 Å². The number of halogens is 1. The van der Waals surface area contributed by atoms with Crippen molar-refractivity contribution in [3.63, 3.8) is 0 Å². The van der Waals surface area contributed by atoms with E-state index in [0.717, 1.165) is 11.1 Å². The van der Waals surface area contributed by atoms with Crippen LogP contribution in [0, 0.1) is 5.82 Å². The zero-order valence-corrected chi connectivity index (χ0v) is 14.5. The fraction of sp³-hybridized carbons (Fsp3) is 0.0476. The molecule has 6 heteroatoms. The Balaban J connectivity index is 1.74. The minimum atomic E-state index is -0.283. The second kappa shape index (κ2) is 7.29. The molecule has 0 aliphatic heterocycles. The minimum absolute atomic E-state index is 0.283. The number of pyridine rings is 2. The molecule has 0 aliphatic rings. The molecule has 5 nitrogen and oxygen atoms in total. The summed E-state index contributed by atoms with van der Waals surface area (Å²) >= 11 is 0. The summed E-state index contributed by atoms with van der Waals surface area (Å²) in [4.78, 5) is 17.7. The van der Waals surface area contributed by atoms with Gasteiger partial charge >= 0.3 is 0 Å². The molecule has 4 aromatic rings. The predicted molar refractivity (Wildman–Crippen MR) is 100 cm³/mol. The highest BCUT2D eigenvalue weighted by Gasteiger charge is 2.13. The predicted octanol–water partition coefficient (Wildman–Crippen LogP) is 4.42. The first-order valence-electron chi connectivity index (χ1n) is 8.29. The lowest BCUT2D eigenvalue weighted by Gasteiger charge is -2.09. The van der Waals surface area contributed by atoms with Crippen LogP contribution in [-0.4, -0.2) is 27.0 Å². The third-order valence-corrected chi connectivity index (χ3v) is 4.03. The quantitative estimate of drug-likeness (QED) is 0.541. The Morgan fingerprint density at radius 1 is 0.815 bits per heavy atom. The molecule has 0 aliphatic carbocycles. The van der Waals surface area contributed by atoms with Crippen molar-refractivity contribution in [2.75, 3.05) is 7.11 Å². The van der Waals surface area contributed by atoms with Crippen molar-refractivity contribution in [1.29, 1.82) is 0 Å². The van der Waals surface area contributed by atoms with Crippen molar-refractivity contribution in [2.45, 2.75) is 0 Å². The summed E-state index contributed by atoms with van der Waals surface area (Å²) in [5.74, 6) is 0.720. The lowest BCUT2D eigenvalue weighted by molar-refractivity contribution is 0.412. The average molecular weight is 358 g/mol. The zero-order chi connectivity index (χ0) is 18.6. The van der Waals surface area contributed by atoms with Crippen molar-refractivity contribution in [3.05, 3.63) is 79.0 Å². The van der Waals surface area contributed by atoms with Gasteiger partial charge in [-0.2, -0.15) is 0 Å². The van der Waals surface area contributed by atoms with E-state index >= 15 is 0 Å². The fourth-order valence-electron chi connectivity index (χ4n) is 2.69. The van der Waals surface area contributed by atoms with Gasteiger partial charge in [0, 0.05) is 18.0 Å².